The van der Waals surface area contributed by atoms with Gasteiger partial charge >= 0.3 is 0 Å². The molecule has 2 aromatic carbocycles. The van der Waals surface area contributed by atoms with E-state index in [1.165, 1.54) is 12.1 Å². The molecule has 0 radical (unpaired) electrons. The van der Waals surface area contributed by atoms with Gasteiger partial charge in [0.2, 0.25) is 0 Å². The fourth-order valence-electron chi connectivity index (χ4n) is 2.50. The molecule has 0 spiro atoms. The van der Waals surface area contributed by atoms with Gasteiger partial charge in [-0.05, 0) is 12.8 Å². The van der Waals surface area contributed by atoms with Gasteiger partial charge in [0.1, 0.15) is 15.5 Å². The van der Waals surface area contributed by atoms with Crippen molar-refractivity contribution in [2.45, 2.75) is 49.3 Å². The number of fused-ring (bicyclic) bond motifs is 1. The Morgan fingerprint density at radius 1 is 0.852 bits per heavy atom. The second kappa shape index (κ2) is 9.01. The number of aromatic hydroxyl groups is 1. The zero-order valence-electron chi connectivity index (χ0n) is 15.3. The van der Waals surface area contributed by atoms with Gasteiger partial charge in [0.05, 0.1) is 13.2 Å². The van der Waals surface area contributed by atoms with E-state index in [1.807, 2.05) is 13.8 Å². The van der Waals surface area contributed by atoms with Gasteiger partial charge in [-0.15, -0.1) is 0 Å². The number of unbranched alkanes of at least 4 members (excludes halogenated alkanes) is 2. The van der Waals surface area contributed by atoms with E-state index in [2.05, 4.69) is 0 Å². The van der Waals surface area contributed by atoms with Crippen molar-refractivity contribution in [2.75, 3.05) is 13.2 Å². The molecule has 1 N–H and O–H groups in total. The van der Waals surface area contributed by atoms with E-state index in [0.29, 0.717) is 19.3 Å². The summed E-state index contributed by atoms with van der Waals surface area (Å²) in [5.74, 6) is -0.351. The smallest absolute Gasteiger partial charge is 0.299 e. The van der Waals surface area contributed by atoms with Crippen LogP contribution in [0.5, 0.6) is 5.75 Å². The van der Waals surface area contributed by atoms with Crippen molar-refractivity contribution in [1.29, 1.82) is 0 Å². The normalized spacial score (nSPS) is 12.5. The first-order valence-corrected chi connectivity index (χ1v) is 11.6. The summed E-state index contributed by atoms with van der Waals surface area (Å²) < 4.78 is 60.9. The molecule has 2 aromatic rings. The Hall–Kier alpha value is -1.68. The van der Waals surface area contributed by atoms with Crippen LogP contribution in [0, 0.1) is 0 Å². The third-order valence-corrected chi connectivity index (χ3v) is 6.81. The maximum Gasteiger partial charge on any atom is 0.299 e. The predicted molar refractivity (Wildman–Crippen MR) is 102 cm³/mol. The van der Waals surface area contributed by atoms with E-state index < -0.39 is 30.0 Å². The number of phenolic OH excluding ortho intramolecular Hbond substituents is 1. The van der Waals surface area contributed by atoms with E-state index in [9.17, 15) is 21.9 Å². The van der Waals surface area contributed by atoms with Gasteiger partial charge < -0.3 is 5.11 Å². The summed E-state index contributed by atoms with van der Waals surface area (Å²) >= 11 is 0. The Kier molecular flexibility index (Phi) is 7.21. The van der Waals surface area contributed by atoms with Crippen molar-refractivity contribution in [2.24, 2.45) is 0 Å². The molecular weight excluding hydrogens is 392 g/mol. The SMILES string of the molecule is CCCCOS(=O)(=O)c1cc(O)c2ccccc2c1S(=O)(=O)OCCCC. The number of hydrogen-bond acceptors (Lipinski definition) is 7. The minimum atomic E-state index is -4.41. The number of rotatable bonds is 10. The van der Waals surface area contributed by atoms with Crippen molar-refractivity contribution < 1.29 is 30.3 Å². The number of phenols is 1. The standard InChI is InChI=1S/C18H24O7S2/c1-3-5-11-24-26(20,21)17-13-16(19)14-9-7-8-10-15(14)18(17)27(22,23)25-12-6-4-2/h7-10,13,19H,3-6,11-12H2,1-2H3. The lowest BCUT2D eigenvalue weighted by molar-refractivity contribution is 0.303. The zero-order chi connectivity index (χ0) is 20.1. The highest BCUT2D eigenvalue weighted by Gasteiger charge is 2.31. The highest BCUT2D eigenvalue weighted by atomic mass is 32.2. The molecule has 0 aliphatic carbocycles. The van der Waals surface area contributed by atoms with Crippen molar-refractivity contribution in [3.8, 4) is 5.75 Å². The van der Waals surface area contributed by atoms with Crippen molar-refractivity contribution in [3.63, 3.8) is 0 Å². The molecule has 0 unspecified atom stereocenters. The van der Waals surface area contributed by atoms with Crippen LogP contribution in [0.1, 0.15) is 39.5 Å². The summed E-state index contributed by atoms with van der Waals surface area (Å²) in [5.41, 5.74) is 0. The molecule has 0 saturated heterocycles. The molecule has 150 valence electrons. The van der Waals surface area contributed by atoms with Gasteiger partial charge in [0, 0.05) is 16.8 Å². The van der Waals surface area contributed by atoms with Crippen LogP contribution in [0.3, 0.4) is 0 Å². The summed E-state index contributed by atoms with van der Waals surface area (Å²) in [6.45, 7) is 3.60. The lowest BCUT2D eigenvalue weighted by Crippen LogP contribution is -2.16. The van der Waals surface area contributed by atoms with Gasteiger partial charge in [0.15, 0.2) is 0 Å². The third-order valence-electron chi connectivity index (χ3n) is 3.93. The molecule has 0 amide bonds. The van der Waals surface area contributed by atoms with Crippen LogP contribution in [-0.2, 0) is 28.6 Å². The molecule has 0 atom stereocenters. The van der Waals surface area contributed by atoms with Crippen LogP contribution < -0.4 is 0 Å². The topological polar surface area (TPSA) is 107 Å². The number of benzene rings is 2. The van der Waals surface area contributed by atoms with Crippen LogP contribution >= 0.6 is 0 Å². The maximum absolute atomic E-state index is 12.8. The predicted octanol–water partition coefficient (Wildman–Crippen LogP) is 3.56. The fourth-order valence-corrected chi connectivity index (χ4v) is 5.37. The van der Waals surface area contributed by atoms with Crippen molar-refractivity contribution >= 4 is 31.0 Å². The Morgan fingerprint density at radius 2 is 1.37 bits per heavy atom. The molecule has 0 aliphatic rings. The van der Waals surface area contributed by atoms with Crippen LogP contribution in [0.4, 0.5) is 0 Å². The molecule has 9 heteroatoms. The second-order valence-corrected chi connectivity index (χ2v) is 9.16. The Morgan fingerprint density at radius 3 is 1.93 bits per heavy atom. The summed E-state index contributed by atoms with van der Waals surface area (Å²) in [6.07, 6.45) is 2.43. The number of hydrogen-bond donors (Lipinski definition) is 1. The summed E-state index contributed by atoms with van der Waals surface area (Å²) in [6, 6.07) is 7.00. The van der Waals surface area contributed by atoms with E-state index in [4.69, 9.17) is 8.37 Å². The quantitative estimate of drug-likeness (QED) is 0.466. The molecule has 0 heterocycles. The molecule has 0 bridgehead atoms. The monoisotopic (exact) mass is 416 g/mol. The molecule has 7 nitrogen and oxygen atoms in total. The first kappa shape index (κ1) is 21.6. The van der Waals surface area contributed by atoms with Crippen LogP contribution in [0.25, 0.3) is 10.8 Å². The highest BCUT2D eigenvalue weighted by Crippen LogP contribution is 2.37. The van der Waals surface area contributed by atoms with Gasteiger partial charge in [-0.3, -0.25) is 8.37 Å². The van der Waals surface area contributed by atoms with Gasteiger partial charge in [-0.2, -0.15) is 16.8 Å². The molecule has 2 rings (SSSR count). The minimum absolute atomic E-state index is 0.0617. The summed E-state index contributed by atoms with van der Waals surface area (Å²) in [5, 5.41) is 10.5. The lowest BCUT2D eigenvalue weighted by atomic mass is 10.1. The molecule has 0 saturated carbocycles. The Bertz CT molecular complexity index is 996. The van der Waals surface area contributed by atoms with Crippen LogP contribution in [0.2, 0.25) is 0 Å². The molecule has 0 fully saturated rings. The fraction of sp³-hybridized carbons (Fsp3) is 0.444. The van der Waals surface area contributed by atoms with Crippen molar-refractivity contribution in [3.05, 3.63) is 30.3 Å². The van der Waals surface area contributed by atoms with Crippen LogP contribution in [-0.4, -0.2) is 35.2 Å². The molecular formula is C18H24O7S2. The van der Waals surface area contributed by atoms with Gasteiger partial charge in [0.25, 0.3) is 20.2 Å². The average Bonchev–Trinajstić information content (AvgIpc) is 2.61. The first-order chi connectivity index (χ1) is 12.7. The van der Waals surface area contributed by atoms with Crippen molar-refractivity contribution in [1.82, 2.24) is 0 Å². The maximum atomic E-state index is 12.8. The highest BCUT2D eigenvalue weighted by molar-refractivity contribution is 7.90. The molecule has 0 aromatic heterocycles. The lowest BCUT2D eigenvalue weighted by Gasteiger charge is -2.15. The zero-order valence-corrected chi connectivity index (χ0v) is 17.0. The average molecular weight is 417 g/mol. The Balaban J connectivity index is 2.69. The summed E-state index contributed by atoms with van der Waals surface area (Å²) in [4.78, 5) is -1.13. The van der Waals surface area contributed by atoms with Gasteiger partial charge in [-0.1, -0.05) is 51.0 Å². The molecule has 27 heavy (non-hydrogen) atoms. The minimum Gasteiger partial charge on any atom is -0.507 e. The van der Waals surface area contributed by atoms with E-state index in [1.54, 1.807) is 12.1 Å². The Labute approximate surface area is 160 Å². The van der Waals surface area contributed by atoms with E-state index in [0.717, 1.165) is 12.5 Å². The van der Waals surface area contributed by atoms with E-state index >= 15 is 0 Å². The summed E-state index contributed by atoms with van der Waals surface area (Å²) in [7, 11) is -8.80. The first-order valence-electron chi connectivity index (χ1n) is 8.78. The van der Waals surface area contributed by atoms with Gasteiger partial charge in [-0.25, -0.2) is 0 Å². The second-order valence-electron chi connectivity index (χ2n) is 6.03. The third kappa shape index (κ3) is 4.98. The van der Waals surface area contributed by atoms with E-state index in [-0.39, 0.29) is 29.7 Å². The van der Waals surface area contributed by atoms with Crippen LogP contribution in [0.15, 0.2) is 40.1 Å². The largest absolute Gasteiger partial charge is 0.507 e. The molecule has 0 aliphatic heterocycles.